The second-order valence-electron chi connectivity index (χ2n) is 7.79. The summed E-state index contributed by atoms with van der Waals surface area (Å²) in [5.41, 5.74) is 4.36. The first-order valence-corrected chi connectivity index (χ1v) is 11.7. The third kappa shape index (κ3) is 5.57. The van der Waals surface area contributed by atoms with Gasteiger partial charge >= 0.3 is 11.9 Å². The van der Waals surface area contributed by atoms with Crippen LogP contribution in [0.1, 0.15) is 26.5 Å². The van der Waals surface area contributed by atoms with E-state index in [-0.39, 0.29) is 33.0 Å². The Bertz CT molecular complexity index is 1060. The summed E-state index contributed by atoms with van der Waals surface area (Å²) >= 11 is 8.21. The van der Waals surface area contributed by atoms with Crippen LogP contribution in [0.4, 0.5) is 5.13 Å². The van der Waals surface area contributed by atoms with Crippen LogP contribution in [0.2, 0.25) is 0 Å². The summed E-state index contributed by atoms with van der Waals surface area (Å²) < 4.78 is 5.11. The minimum absolute atomic E-state index is 0.0395. The van der Waals surface area contributed by atoms with Gasteiger partial charge in [0.05, 0.1) is 5.03 Å². The molecule has 0 aromatic carbocycles. The molecule has 3 heterocycles. The van der Waals surface area contributed by atoms with E-state index >= 15 is 0 Å². The number of thioether (sulfide) groups is 1. The summed E-state index contributed by atoms with van der Waals surface area (Å²) in [6.45, 7) is 4.50. The first-order valence-electron chi connectivity index (χ1n) is 9.39. The molecule has 2 aliphatic heterocycles. The highest BCUT2D eigenvalue weighted by molar-refractivity contribution is 8.00. The molecular formula is C18H20ClN5O7S2. The Morgan fingerprint density at radius 3 is 2.70 bits per heavy atom. The number of hydrogen-bond acceptors (Lipinski definition) is 11. The molecule has 12 nitrogen and oxygen atoms in total. The van der Waals surface area contributed by atoms with E-state index in [2.05, 4.69) is 15.5 Å². The molecule has 2 atom stereocenters. The van der Waals surface area contributed by atoms with E-state index in [0.29, 0.717) is 0 Å². The topological polar surface area (TPSA) is 174 Å². The molecule has 1 saturated heterocycles. The lowest BCUT2D eigenvalue weighted by atomic mass is 10.0. The van der Waals surface area contributed by atoms with E-state index in [1.165, 1.54) is 17.1 Å². The zero-order valence-corrected chi connectivity index (χ0v) is 20.0. The van der Waals surface area contributed by atoms with Crippen molar-refractivity contribution in [3.8, 4) is 0 Å². The highest BCUT2D eigenvalue weighted by atomic mass is 35.5. The molecular weight excluding hydrogens is 498 g/mol. The van der Waals surface area contributed by atoms with Crippen LogP contribution in [-0.2, 0) is 28.8 Å². The number of carbonyl (C=O) groups is 4. The van der Waals surface area contributed by atoms with E-state index in [1.54, 1.807) is 20.8 Å². The van der Waals surface area contributed by atoms with Crippen LogP contribution in [0, 0.1) is 0 Å². The van der Waals surface area contributed by atoms with Gasteiger partial charge in [0, 0.05) is 11.1 Å². The average Bonchev–Trinajstić information content (AvgIpc) is 3.13. The quantitative estimate of drug-likeness (QED) is 0.202. The summed E-state index contributed by atoms with van der Waals surface area (Å²) in [5.74, 6) is -3.31. The van der Waals surface area contributed by atoms with Crippen LogP contribution in [0.25, 0.3) is 0 Å². The van der Waals surface area contributed by atoms with Crippen molar-refractivity contribution in [1.29, 1.82) is 0 Å². The molecule has 0 spiro atoms. The van der Waals surface area contributed by atoms with E-state index in [9.17, 15) is 24.3 Å². The molecule has 0 aliphatic carbocycles. The average molecular weight is 518 g/mol. The number of esters is 1. The summed E-state index contributed by atoms with van der Waals surface area (Å²) in [6, 6.07) is -1.02. The fraction of sp³-hybridized carbons (Fsp3) is 0.444. The molecule has 4 N–H and O–H groups in total. The molecule has 1 aromatic rings. The predicted molar refractivity (Wildman–Crippen MR) is 120 cm³/mol. The first-order chi connectivity index (χ1) is 15.4. The predicted octanol–water partition coefficient (Wildman–Crippen LogP) is 0.723. The number of rotatable bonds is 7. The number of nitrogens with two attached hydrogens (primary N) is 1. The van der Waals surface area contributed by atoms with Gasteiger partial charge in [-0.05, 0) is 20.8 Å². The monoisotopic (exact) mass is 517 g/mol. The zero-order valence-electron chi connectivity index (χ0n) is 17.7. The van der Waals surface area contributed by atoms with Crippen molar-refractivity contribution in [1.82, 2.24) is 15.2 Å². The van der Waals surface area contributed by atoms with Gasteiger partial charge in [-0.2, -0.15) is 0 Å². The van der Waals surface area contributed by atoms with Crippen molar-refractivity contribution in [2.75, 3.05) is 18.1 Å². The number of hydrogen-bond donors (Lipinski definition) is 3. The van der Waals surface area contributed by atoms with Gasteiger partial charge in [-0.25, -0.2) is 14.6 Å². The number of aliphatic carboxylic acids is 1. The van der Waals surface area contributed by atoms with E-state index in [0.717, 1.165) is 16.2 Å². The molecule has 178 valence electrons. The van der Waals surface area contributed by atoms with Crippen LogP contribution in [-0.4, -0.2) is 73.8 Å². The molecule has 0 radical (unpaired) electrons. The number of β-lactam (4-membered cyclic amide) rings is 1. The zero-order chi connectivity index (χ0) is 24.5. The van der Waals surface area contributed by atoms with Crippen LogP contribution in [0.3, 0.4) is 0 Å². The first kappa shape index (κ1) is 24.8. The summed E-state index contributed by atoms with van der Waals surface area (Å²) in [7, 11) is 0. The molecule has 3 rings (SSSR count). The number of ether oxygens (including phenoxy) is 1. The van der Waals surface area contributed by atoms with Crippen molar-refractivity contribution in [2.24, 2.45) is 5.16 Å². The standard InChI is InChI=1S/C18H20ClN5O7S2/c1-18(2,3)31-9(25)4-30-23-10(8-6-33-17(20)21-8)13(26)22-11-14(27)24-12(16(28)29)7(19)5-32-15(11)24/h6,11,15H,4-5H2,1-3H3,(H2,20,21)(H,22,26)(H,28,29)/b23-10-/t11?,15-/m1/s1. The third-order valence-corrected chi connectivity index (χ3v) is 6.57. The lowest BCUT2D eigenvalue weighted by Crippen LogP contribution is -2.71. The van der Waals surface area contributed by atoms with Crippen LogP contribution >= 0.6 is 34.7 Å². The SMILES string of the molecule is CC(C)(C)OC(=O)CO/N=C(\C(=O)NC1C(=O)N2C(C(=O)O)=C(Cl)CS[C@H]12)c1csc(N)n1. The van der Waals surface area contributed by atoms with Gasteiger partial charge in [0.2, 0.25) is 6.61 Å². The number of anilines is 1. The number of carboxylic acid groups (broad SMARTS) is 1. The van der Waals surface area contributed by atoms with Gasteiger partial charge in [0.1, 0.15) is 28.4 Å². The lowest BCUT2D eigenvalue weighted by Gasteiger charge is -2.48. The highest BCUT2D eigenvalue weighted by Gasteiger charge is 2.54. The van der Waals surface area contributed by atoms with Gasteiger partial charge in [-0.3, -0.25) is 14.5 Å². The highest BCUT2D eigenvalue weighted by Crippen LogP contribution is 2.41. The number of halogens is 1. The normalized spacial score (nSPS) is 20.7. The van der Waals surface area contributed by atoms with Gasteiger partial charge in [0.25, 0.3) is 11.8 Å². The van der Waals surface area contributed by atoms with Crippen LogP contribution in [0.5, 0.6) is 0 Å². The minimum atomic E-state index is -1.33. The maximum absolute atomic E-state index is 12.9. The second-order valence-corrected chi connectivity index (χ2v) is 10.2. The van der Waals surface area contributed by atoms with Crippen molar-refractivity contribution >= 4 is 69.3 Å². The number of amides is 2. The molecule has 2 amide bonds. The molecule has 33 heavy (non-hydrogen) atoms. The van der Waals surface area contributed by atoms with Gasteiger partial charge in [-0.15, -0.1) is 23.1 Å². The summed E-state index contributed by atoms with van der Waals surface area (Å²) in [5, 5.41) is 16.6. The molecule has 0 saturated carbocycles. The van der Waals surface area contributed by atoms with Crippen LogP contribution in [0.15, 0.2) is 21.3 Å². The largest absolute Gasteiger partial charge is 0.477 e. The van der Waals surface area contributed by atoms with Gasteiger partial charge in [0.15, 0.2) is 10.8 Å². The Kier molecular flexibility index (Phi) is 7.19. The number of fused-ring (bicyclic) bond motifs is 1. The minimum Gasteiger partial charge on any atom is -0.477 e. The number of oxime groups is 1. The maximum Gasteiger partial charge on any atom is 0.353 e. The number of carbonyl (C=O) groups excluding carboxylic acids is 3. The van der Waals surface area contributed by atoms with Crippen molar-refractivity contribution in [3.63, 3.8) is 0 Å². The van der Waals surface area contributed by atoms with Crippen LogP contribution < -0.4 is 11.1 Å². The van der Waals surface area contributed by atoms with Crippen molar-refractivity contribution < 1.29 is 33.9 Å². The fourth-order valence-corrected chi connectivity index (χ4v) is 5.01. The fourth-order valence-electron chi connectivity index (χ4n) is 2.91. The molecule has 1 unspecified atom stereocenters. The van der Waals surface area contributed by atoms with Crippen molar-refractivity contribution in [3.05, 3.63) is 21.8 Å². The number of carboxylic acids is 1. The summed E-state index contributed by atoms with van der Waals surface area (Å²) in [6.07, 6.45) is 0. The van der Waals surface area contributed by atoms with Gasteiger partial charge in [-0.1, -0.05) is 16.8 Å². The Labute approximate surface area is 201 Å². The Hall–Kier alpha value is -2.84. The van der Waals surface area contributed by atoms with E-state index in [1.807, 2.05) is 0 Å². The van der Waals surface area contributed by atoms with E-state index in [4.69, 9.17) is 26.9 Å². The summed E-state index contributed by atoms with van der Waals surface area (Å²) in [4.78, 5) is 58.8. The third-order valence-electron chi connectivity index (χ3n) is 4.15. The van der Waals surface area contributed by atoms with E-state index < -0.39 is 47.4 Å². The molecule has 2 aliphatic rings. The molecule has 0 bridgehead atoms. The van der Waals surface area contributed by atoms with Crippen molar-refractivity contribution in [2.45, 2.75) is 37.8 Å². The molecule has 15 heteroatoms. The number of thiazole rings is 1. The molecule has 1 aromatic heterocycles. The second kappa shape index (κ2) is 9.57. The number of aromatic nitrogens is 1. The maximum atomic E-state index is 12.9. The van der Waals surface area contributed by atoms with Gasteiger partial charge < -0.3 is 25.7 Å². The molecule has 1 fully saturated rings. The Morgan fingerprint density at radius 1 is 1.42 bits per heavy atom. The Morgan fingerprint density at radius 2 is 2.12 bits per heavy atom. The number of nitrogens with one attached hydrogen (secondary N) is 1. The Balaban J connectivity index is 1.73. The number of nitrogens with zero attached hydrogens (tertiary/aromatic N) is 3. The smallest absolute Gasteiger partial charge is 0.353 e. The number of nitrogen functional groups attached to an aromatic ring is 1. The lowest BCUT2D eigenvalue weighted by molar-refractivity contribution is -0.160.